The molecule has 0 saturated heterocycles. The molecule has 1 atom stereocenters. The van der Waals surface area contributed by atoms with Gasteiger partial charge in [-0.15, -0.1) is 11.8 Å². The molecule has 3 aromatic carbocycles. The lowest BCUT2D eigenvalue weighted by atomic mass is 10.1. The van der Waals surface area contributed by atoms with Gasteiger partial charge in [-0.05, 0) is 61.9 Å². The van der Waals surface area contributed by atoms with Crippen molar-refractivity contribution < 1.29 is 14.3 Å². The molecule has 0 radical (unpaired) electrons. The van der Waals surface area contributed by atoms with Crippen LogP contribution in [0.5, 0.6) is 11.5 Å². The zero-order valence-corrected chi connectivity index (χ0v) is 18.6. The Bertz CT molecular complexity index is 984. The standard InChI is InChI=1S/C25H27NO3S/c1-17-5-12-22(13-6-17)30-16-19-7-9-20(10-8-19)25(27)26-18(2)23-15-21(28-3)11-14-24(23)29-4/h5-15,18H,16H2,1-4H3,(H,26,27). The molecule has 3 rings (SSSR count). The third-order valence-electron chi connectivity index (χ3n) is 4.89. The maximum Gasteiger partial charge on any atom is 0.251 e. The number of thioether (sulfide) groups is 1. The quantitative estimate of drug-likeness (QED) is 0.467. The number of hydrogen-bond acceptors (Lipinski definition) is 4. The van der Waals surface area contributed by atoms with Crippen LogP contribution in [0.15, 0.2) is 71.6 Å². The topological polar surface area (TPSA) is 47.6 Å². The van der Waals surface area contributed by atoms with Crippen LogP contribution < -0.4 is 14.8 Å². The molecule has 30 heavy (non-hydrogen) atoms. The van der Waals surface area contributed by atoms with Gasteiger partial charge in [-0.1, -0.05) is 29.8 Å². The summed E-state index contributed by atoms with van der Waals surface area (Å²) < 4.78 is 10.7. The fourth-order valence-electron chi connectivity index (χ4n) is 3.09. The average molecular weight is 422 g/mol. The molecule has 0 aliphatic heterocycles. The van der Waals surface area contributed by atoms with Gasteiger partial charge in [0, 0.05) is 21.8 Å². The van der Waals surface area contributed by atoms with E-state index in [0.29, 0.717) is 11.3 Å². The lowest BCUT2D eigenvalue weighted by Crippen LogP contribution is -2.27. The van der Waals surface area contributed by atoms with E-state index in [2.05, 4.69) is 36.5 Å². The molecule has 0 saturated carbocycles. The molecule has 1 amide bonds. The Morgan fingerprint density at radius 1 is 0.967 bits per heavy atom. The Balaban J connectivity index is 1.62. The van der Waals surface area contributed by atoms with Gasteiger partial charge in [0.15, 0.2) is 0 Å². The van der Waals surface area contributed by atoms with Crippen LogP contribution in [0.2, 0.25) is 0 Å². The Morgan fingerprint density at radius 2 is 1.67 bits per heavy atom. The van der Waals surface area contributed by atoms with Crippen molar-refractivity contribution in [3.8, 4) is 11.5 Å². The Labute approximate surface area is 182 Å². The summed E-state index contributed by atoms with van der Waals surface area (Å²) in [5.41, 5.74) is 3.94. The maximum atomic E-state index is 12.7. The number of nitrogens with one attached hydrogen (secondary N) is 1. The summed E-state index contributed by atoms with van der Waals surface area (Å²) in [6, 6.07) is 21.6. The van der Waals surface area contributed by atoms with Crippen molar-refractivity contribution in [2.75, 3.05) is 14.2 Å². The molecule has 0 bridgehead atoms. The van der Waals surface area contributed by atoms with E-state index in [0.717, 1.165) is 17.1 Å². The normalized spacial score (nSPS) is 11.6. The largest absolute Gasteiger partial charge is 0.497 e. The van der Waals surface area contributed by atoms with Crippen molar-refractivity contribution in [1.82, 2.24) is 5.32 Å². The monoisotopic (exact) mass is 421 g/mol. The van der Waals surface area contributed by atoms with Gasteiger partial charge < -0.3 is 14.8 Å². The number of methoxy groups -OCH3 is 2. The molecule has 5 heteroatoms. The van der Waals surface area contributed by atoms with Gasteiger partial charge in [-0.2, -0.15) is 0 Å². The third kappa shape index (κ3) is 5.57. The first-order valence-electron chi connectivity index (χ1n) is 9.81. The van der Waals surface area contributed by atoms with E-state index in [4.69, 9.17) is 9.47 Å². The molecule has 0 aromatic heterocycles. The van der Waals surface area contributed by atoms with Gasteiger partial charge >= 0.3 is 0 Å². The van der Waals surface area contributed by atoms with Crippen molar-refractivity contribution in [2.45, 2.75) is 30.5 Å². The predicted molar refractivity (Wildman–Crippen MR) is 123 cm³/mol. The average Bonchev–Trinajstić information content (AvgIpc) is 2.78. The van der Waals surface area contributed by atoms with Crippen molar-refractivity contribution >= 4 is 17.7 Å². The molecule has 0 aliphatic carbocycles. The van der Waals surface area contributed by atoms with Gasteiger partial charge in [-0.25, -0.2) is 0 Å². The van der Waals surface area contributed by atoms with E-state index in [1.54, 1.807) is 26.0 Å². The van der Waals surface area contributed by atoms with Crippen LogP contribution >= 0.6 is 11.8 Å². The molecular weight excluding hydrogens is 394 g/mol. The van der Waals surface area contributed by atoms with Crippen LogP contribution in [0, 0.1) is 6.92 Å². The Hall–Kier alpha value is -2.92. The molecule has 156 valence electrons. The van der Waals surface area contributed by atoms with Crippen molar-refractivity contribution in [3.05, 3.63) is 89.0 Å². The molecule has 0 fully saturated rings. The number of carbonyl (C=O) groups is 1. The summed E-state index contributed by atoms with van der Waals surface area (Å²) in [6.07, 6.45) is 0. The van der Waals surface area contributed by atoms with Crippen molar-refractivity contribution in [2.24, 2.45) is 0 Å². The summed E-state index contributed by atoms with van der Waals surface area (Å²) in [5.74, 6) is 2.18. The Kier molecular flexibility index (Phi) is 7.41. The number of ether oxygens (including phenoxy) is 2. The maximum absolute atomic E-state index is 12.7. The summed E-state index contributed by atoms with van der Waals surface area (Å²) in [6.45, 7) is 4.02. The van der Waals surface area contributed by atoms with E-state index in [9.17, 15) is 4.79 Å². The smallest absolute Gasteiger partial charge is 0.251 e. The van der Waals surface area contributed by atoms with E-state index in [1.165, 1.54) is 16.0 Å². The van der Waals surface area contributed by atoms with Gasteiger partial charge in [-0.3, -0.25) is 4.79 Å². The Morgan fingerprint density at radius 3 is 2.30 bits per heavy atom. The molecule has 1 unspecified atom stereocenters. The van der Waals surface area contributed by atoms with Gasteiger partial charge in [0.1, 0.15) is 11.5 Å². The lowest BCUT2D eigenvalue weighted by molar-refractivity contribution is 0.0939. The summed E-state index contributed by atoms with van der Waals surface area (Å²) >= 11 is 1.79. The number of benzene rings is 3. The fourth-order valence-corrected chi connectivity index (χ4v) is 3.94. The highest BCUT2D eigenvalue weighted by Crippen LogP contribution is 2.29. The van der Waals surface area contributed by atoms with Gasteiger partial charge in [0.2, 0.25) is 0 Å². The molecule has 4 nitrogen and oxygen atoms in total. The summed E-state index contributed by atoms with van der Waals surface area (Å²) in [7, 11) is 3.24. The van der Waals surface area contributed by atoms with Gasteiger partial charge in [0.25, 0.3) is 5.91 Å². The molecule has 0 aliphatic rings. The van der Waals surface area contributed by atoms with Crippen LogP contribution in [0.1, 0.15) is 40.0 Å². The molecule has 0 spiro atoms. The van der Waals surface area contributed by atoms with Crippen LogP contribution in [-0.4, -0.2) is 20.1 Å². The second-order valence-electron chi connectivity index (χ2n) is 7.10. The minimum absolute atomic E-state index is 0.120. The lowest BCUT2D eigenvalue weighted by Gasteiger charge is -2.18. The van der Waals surface area contributed by atoms with E-state index in [1.807, 2.05) is 49.4 Å². The summed E-state index contributed by atoms with van der Waals surface area (Å²) in [5, 5.41) is 3.04. The number of carbonyl (C=O) groups excluding carboxylic acids is 1. The third-order valence-corrected chi connectivity index (χ3v) is 5.98. The van der Waals surface area contributed by atoms with E-state index in [-0.39, 0.29) is 11.9 Å². The first-order chi connectivity index (χ1) is 14.5. The van der Waals surface area contributed by atoms with E-state index < -0.39 is 0 Å². The van der Waals surface area contributed by atoms with Crippen molar-refractivity contribution in [3.63, 3.8) is 0 Å². The first kappa shape index (κ1) is 21.8. The number of hydrogen-bond donors (Lipinski definition) is 1. The highest BCUT2D eigenvalue weighted by molar-refractivity contribution is 7.98. The fraction of sp³-hybridized carbons (Fsp3) is 0.240. The van der Waals surface area contributed by atoms with Crippen LogP contribution in [0.4, 0.5) is 0 Å². The second-order valence-corrected chi connectivity index (χ2v) is 8.15. The molecule has 0 heterocycles. The number of amides is 1. The van der Waals surface area contributed by atoms with Crippen LogP contribution in [0.3, 0.4) is 0 Å². The number of rotatable bonds is 8. The first-order valence-corrected chi connectivity index (χ1v) is 10.8. The van der Waals surface area contributed by atoms with Crippen molar-refractivity contribution in [1.29, 1.82) is 0 Å². The molecule has 1 N–H and O–H groups in total. The predicted octanol–water partition coefficient (Wildman–Crippen LogP) is 5.80. The minimum atomic E-state index is -0.223. The zero-order valence-electron chi connectivity index (χ0n) is 17.8. The zero-order chi connectivity index (χ0) is 21.5. The highest BCUT2D eigenvalue weighted by Gasteiger charge is 2.16. The molecule has 3 aromatic rings. The SMILES string of the molecule is COc1ccc(OC)c(C(C)NC(=O)c2ccc(CSc3ccc(C)cc3)cc2)c1. The van der Waals surface area contributed by atoms with E-state index >= 15 is 0 Å². The summed E-state index contributed by atoms with van der Waals surface area (Å²) in [4.78, 5) is 14.0. The highest BCUT2D eigenvalue weighted by atomic mass is 32.2. The second kappa shape index (κ2) is 10.2. The van der Waals surface area contributed by atoms with Gasteiger partial charge in [0.05, 0.1) is 20.3 Å². The molecular formula is C25H27NO3S. The van der Waals surface area contributed by atoms with Crippen LogP contribution in [0.25, 0.3) is 0 Å². The van der Waals surface area contributed by atoms with Crippen LogP contribution in [-0.2, 0) is 5.75 Å². The number of aryl methyl sites for hydroxylation is 1. The minimum Gasteiger partial charge on any atom is -0.497 e.